The van der Waals surface area contributed by atoms with Crippen molar-refractivity contribution in [3.05, 3.63) is 31.0 Å². The molecular weight excluding hydrogens is 276 g/mol. The number of pyridine rings is 1. The van der Waals surface area contributed by atoms with Gasteiger partial charge in [0.1, 0.15) is 12.7 Å². The topological polar surface area (TPSA) is 75.9 Å². The van der Waals surface area contributed by atoms with E-state index in [1.165, 1.54) is 6.33 Å². The van der Waals surface area contributed by atoms with Crippen LogP contribution >= 0.6 is 11.8 Å². The molecule has 1 aliphatic heterocycles. The number of nitrogens with zero attached hydrogens (tertiary/aromatic N) is 5. The minimum Gasteiger partial charge on any atom is -0.323 e. The standard InChI is InChI=1S/C12H14N6OS/c19-12(17-3-5-20-6-4-17)16-10-1-2-11(14-7-10)18-9-13-8-15-18/h1-2,7-9H,3-6H2,(H,16,19). The van der Waals surface area contributed by atoms with Gasteiger partial charge in [0.25, 0.3) is 0 Å². The van der Waals surface area contributed by atoms with Gasteiger partial charge < -0.3 is 10.2 Å². The van der Waals surface area contributed by atoms with Gasteiger partial charge >= 0.3 is 6.03 Å². The molecule has 0 saturated carbocycles. The molecule has 0 aliphatic carbocycles. The van der Waals surface area contributed by atoms with Crippen molar-refractivity contribution < 1.29 is 4.79 Å². The van der Waals surface area contributed by atoms with E-state index in [1.807, 2.05) is 16.7 Å². The summed E-state index contributed by atoms with van der Waals surface area (Å²) < 4.78 is 1.56. The zero-order valence-corrected chi connectivity index (χ0v) is 11.6. The Hall–Kier alpha value is -2.09. The minimum atomic E-state index is -0.0689. The average molecular weight is 290 g/mol. The smallest absolute Gasteiger partial charge is 0.321 e. The Morgan fingerprint density at radius 2 is 2.15 bits per heavy atom. The predicted molar refractivity (Wildman–Crippen MR) is 77.1 cm³/mol. The van der Waals surface area contributed by atoms with Crippen LogP contribution < -0.4 is 5.32 Å². The van der Waals surface area contributed by atoms with Crippen LogP contribution in [0.2, 0.25) is 0 Å². The highest BCUT2D eigenvalue weighted by Crippen LogP contribution is 2.13. The van der Waals surface area contributed by atoms with Crippen LogP contribution in [0.25, 0.3) is 5.82 Å². The number of urea groups is 1. The van der Waals surface area contributed by atoms with Crippen molar-refractivity contribution in [2.24, 2.45) is 0 Å². The summed E-state index contributed by atoms with van der Waals surface area (Å²) in [6.45, 7) is 1.59. The van der Waals surface area contributed by atoms with Crippen molar-refractivity contribution in [3.8, 4) is 5.82 Å². The van der Waals surface area contributed by atoms with E-state index < -0.39 is 0 Å². The van der Waals surface area contributed by atoms with E-state index in [4.69, 9.17) is 0 Å². The number of amides is 2. The summed E-state index contributed by atoms with van der Waals surface area (Å²) >= 11 is 1.87. The highest BCUT2D eigenvalue weighted by Gasteiger charge is 2.16. The third kappa shape index (κ3) is 2.90. The number of rotatable bonds is 2. The number of hydrogen-bond donors (Lipinski definition) is 1. The number of carbonyl (C=O) groups excluding carboxylic acids is 1. The predicted octanol–water partition coefficient (Wildman–Crippen LogP) is 1.24. The van der Waals surface area contributed by atoms with Crippen molar-refractivity contribution >= 4 is 23.5 Å². The SMILES string of the molecule is O=C(Nc1ccc(-n2cncn2)nc1)N1CCSCC1. The van der Waals surface area contributed by atoms with Gasteiger partial charge in [-0.1, -0.05) is 0 Å². The van der Waals surface area contributed by atoms with Crippen LogP contribution in [-0.2, 0) is 0 Å². The molecule has 0 radical (unpaired) electrons. The number of hydrogen-bond acceptors (Lipinski definition) is 5. The number of thioether (sulfide) groups is 1. The fourth-order valence-corrected chi connectivity index (χ4v) is 2.79. The maximum absolute atomic E-state index is 12.0. The monoisotopic (exact) mass is 290 g/mol. The molecule has 1 fully saturated rings. The minimum absolute atomic E-state index is 0.0689. The fraction of sp³-hybridized carbons (Fsp3) is 0.333. The Bertz CT molecular complexity index is 564. The first-order valence-corrected chi connectivity index (χ1v) is 7.43. The van der Waals surface area contributed by atoms with Crippen LogP contribution in [0.15, 0.2) is 31.0 Å². The molecule has 0 aromatic carbocycles. The molecule has 1 N–H and O–H groups in total. The van der Waals surface area contributed by atoms with Crippen LogP contribution in [0.3, 0.4) is 0 Å². The number of nitrogens with one attached hydrogen (secondary N) is 1. The van der Waals surface area contributed by atoms with Gasteiger partial charge in [-0.25, -0.2) is 19.4 Å². The summed E-state index contributed by atoms with van der Waals surface area (Å²) in [7, 11) is 0. The van der Waals surface area contributed by atoms with Crippen molar-refractivity contribution in [2.75, 3.05) is 29.9 Å². The molecule has 0 atom stereocenters. The van der Waals surface area contributed by atoms with Crippen molar-refractivity contribution in [3.63, 3.8) is 0 Å². The van der Waals surface area contributed by atoms with E-state index in [0.29, 0.717) is 11.5 Å². The second kappa shape index (κ2) is 5.91. The molecule has 2 aromatic rings. The summed E-state index contributed by atoms with van der Waals surface area (Å²) in [5.41, 5.74) is 0.678. The van der Waals surface area contributed by atoms with Gasteiger partial charge in [0.15, 0.2) is 5.82 Å². The largest absolute Gasteiger partial charge is 0.323 e. The molecule has 3 rings (SSSR count). The highest BCUT2D eigenvalue weighted by atomic mass is 32.2. The lowest BCUT2D eigenvalue weighted by Gasteiger charge is -2.26. The number of aromatic nitrogens is 4. The fourth-order valence-electron chi connectivity index (χ4n) is 1.89. The summed E-state index contributed by atoms with van der Waals surface area (Å²) in [5, 5.41) is 6.85. The van der Waals surface area contributed by atoms with Crippen LogP contribution in [0, 0.1) is 0 Å². The lowest BCUT2D eigenvalue weighted by atomic mass is 10.4. The molecule has 1 saturated heterocycles. The molecule has 1 aliphatic rings. The zero-order chi connectivity index (χ0) is 13.8. The second-order valence-corrected chi connectivity index (χ2v) is 5.50. The van der Waals surface area contributed by atoms with Crippen molar-refractivity contribution in [1.82, 2.24) is 24.6 Å². The first-order valence-electron chi connectivity index (χ1n) is 6.28. The lowest BCUT2D eigenvalue weighted by Crippen LogP contribution is -2.40. The third-order valence-corrected chi connectivity index (χ3v) is 3.89. The van der Waals surface area contributed by atoms with E-state index in [2.05, 4.69) is 20.4 Å². The van der Waals surface area contributed by atoms with Crippen LogP contribution in [0.5, 0.6) is 0 Å². The van der Waals surface area contributed by atoms with E-state index in [0.717, 1.165) is 24.6 Å². The average Bonchev–Trinajstić information content (AvgIpc) is 3.03. The van der Waals surface area contributed by atoms with E-state index in [9.17, 15) is 4.79 Å². The zero-order valence-electron chi connectivity index (χ0n) is 10.8. The molecule has 20 heavy (non-hydrogen) atoms. The molecule has 2 amide bonds. The number of anilines is 1. The molecule has 104 valence electrons. The molecular formula is C12H14N6OS. The third-order valence-electron chi connectivity index (χ3n) is 2.95. The van der Waals surface area contributed by atoms with Crippen molar-refractivity contribution in [2.45, 2.75) is 0 Å². The molecule has 8 heteroatoms. The Morgan fingerprint density at radius 1 is 1.30 bits per heavy atom. The van der Waals surface area contributed by atoms with Gasteiger partial charge in [-0.15, -0.1) is 0 Å². The Morgan fingerprint density at radius 3 is 2.80 bits per heavy atom. The van der Waals surface area contributed by atoms with Gasteiger partial charge in [0.2, 0.25) is 0 Å². The van der Waals surface area contributed by atoms with E-state index >= 15 is 0 Å². The van der Waals surface area contributed by atoms with Gasteiger partial charge in [0, 0.05) is 24.6 Å². The maximum Gasteiger partial charge on any atom is 0.321 e. The van der Waals surface area contributed by atoms with Crippen LogP contribution in [-0.4, -0.2) is 55.3 Å². The van der Waals surface area contributed by atoms with Crippen LogP contribution in [0.4, 0.5) is 10.5 Å². The molecule has 3 heterocycles. The lowest BCUT2D eigenvalue weighted by molar-refractivity contribution is 0.217. The normalized spacial score (nSPS) is 15.1. The second-order valence-electron chi connectivity index (χ2n) is 4.27. The molecule has 2 aromatic heterocycles. The van der Waals surface area contributed by atoms with Gasteiger partial charge in [-0.2, -0.15) is 16.9 Å². The first-order chi connectivity index (χ1) is 9.83. The molecule has 0 spiro atoms. The summed E-state index contributed by atoms with van der Waals surface area (Å²) in [5.74, 6) is 2.66. The Labute approximate surface area is 120 Å². The summed E-state index contributed by atoms with van der Waals surface area (Å²) in [6.07, 6.45) is 4.64. The number of carbonyl (C=O) groups is 1. The van der Waals surface area contributed by atoms with Gasteiger partial charge in [0.05, 0.1) is 11.9 Å². The van der Waals surface area contributed by atoms with Gasteiger partial charge in [-0.3, -0.25) is 0 Å². The Kier molecular flexibility index (Phi) is 3.82. The summed E-state index contributed by atoms with van der Waals surface area (Å²) in [4.78, 5) is 22.0. The van der Waals surface area contributed by atoms with E-state index in [1.54, 1.807) is 29.3 Å². The highest BCUT2D eigenvalue weighted by molar-refractivity contribution is 7.99. The molecule has 7 nitrogen and oxygen atoms in total. The summed E-state index contributed by atoms with van der Waals surface area (Å²) in [6, 6.07) is 3.53. The molecule has 0 bridgehead atoms. The van der Waals surface area contributed by atoms with Gasteiger partial charge in [-0.05, 0) is 12.1 Å². The van der Waals surface area contributed by atoms with E-state index in [-0.39, 0.29) is 6.03 Å². The van der Waals surface area contributed by atoms with Crippen LogP contribution in [0.1, 0.15) is 0 Å². The van der Waals surface area contributed by atoms with Crippen molar-refractivity contribution in [1.29, 1.82) is 0 Å². The quantitative estimate of drug-likeness (QED) is 0.900. The Balaban J connectivity index is 1.64. The first kappa shape index (κ1) is 12.9. The maximum atomic E-state index is 12.0. The molecule has 0 unspecified atom stereocenters.